The van der Waals surface area contributed by atoms with Gasteiger partial charge in [-0.15, -0.1) is 0 Å². The Morgan fingerprint density at radius 3 is 2.05 bits per heavy atom. The molecule has 1 atom stereocenters. The molecular weight excluding hydrogens is 303 g/mol. The Hall–Kier alpha value is -1.32. The summed E-state index contributed by atoms with van der Waals surface area (Å²) in [7, 11) is -3.89. The van der Waals surface area contributed by atoms with Crippen LogP contribution in [0.4, 0.5) is 13.2 Å². The zero-order valence-electron chi connectivity index (χ0n) is 10.2. The highest BCUT2D eigenvalue weighted by Crippen LogP contribution is 2.47. The molecule has 114 valence electrons. The summed E-state index contributed by atoms with van der Waals surface area (Å²) >= 11 is 0. The topological polar surface area (TPSA) is 91.8 Å². The Morgan fingerprint density at radius 1 is 1.20 bits per heavy atom. The molecule has 0 aliphatic carbocycles. The number of carbonyl (C=O) groups is 2. The number of likely N-dealkylation sites (tertiary alicyclic amines) is 1. The third kappa shape index (κ3) is 2.05. The normalized spacial score (nSPS) is 27.9. The maximum atomic E-state index is 12.3. The van der Waals surface area contributed by atoms with E-state index in [-0.39, 0.29) is 32.4 Å². The molecule has 1 N–H and O–H groups in total. The fourth-order valence-electron chi connectivity index (χ4n) is 2.77. The largest absolute Gasteiger partial charge is 0.480 e. The van der Waals surface area contributed by atoms with Crippen LogP contribution in [0.5, 0.6) is 0 Å². The van der Waals surface area contributed by atoms with Gasteiger partial charge in [0, 0.05) is 13.1 Å². The summed E-state index contributed by atoms with van der Waals surface area (Å²) in [5.74, 6) is -3.43. The van der Waals surface area contributed by atoms with Gasteiger partial charge in [0.2, 0.25) is 0 Å². The fourth-order valence-corrected chi connectivity index (χ4v) is 5.03. The van der Waals surface area contributed by atoms with Crippen molar-refractivity contribution < 1.29 is 36.3 Å². The number of sulfone groups is 1. The Labute approximate surface area is 112 Å². The standard InChI is InChI=1S/C10H12F3NO5S/c11-10(12,13)8(17)14-3-1-9(2-4-14)5-6(7(15)16)20(9,18)19/h6H,1-5H2,(H,15,16). The lowest BCUT2D eigenvalue weighted by Gasteiger charge is -2.49. The van der Waals surface area contributed by atoms with Gasteiger partial charge in [-0.1, -0.05) is 0 Å². The van der Waals surface area contributed by atoms with Gasteiger partial charge in [0.1, 0.15) is 0 Å². The van der Waals surface area contributed by atoms with Crippen molar-refractivity contribution in [2.45, 2.75) is 35.4 Å². The molecule has 2 aliphatic rings. The average Bonchev–Trinajstić information content (AvgIpc) is 2.34. The molecule has 6 nitrogen and oxygen atoms in total. The van der Waals surface area contributed by atoms with Gasteiger partial charge in [-0.05, 0) is 19.3 Å². The molecule has 0 aromatic heterocycles. The number of halogens is 3. The van der Waals surface area contributed by atoms with E-state index in [0.29, 0.717) is 4.90 Å². The summed E-state index contributed by atoms with van der Waals surface area (Å²) in [6, 6.07) is 0. The molecule has 0 aromatic rings. The lowest BCUT2D eigenvalue weighted by Crippen LogP contribution is -2.64. The highest BCUT2D eigenvalue weighted by atomic mass is 32.2. The summed E-state index contributed by atoms with van der Waals surface area (Å²) in [6.45, 7) is -0.659. The van der Waals surface area contributed by atoms with Gasteiger partial charge >= 0.3 is 18.1 Å². The maximum Gasteiger partial charge on any atom is 0.471 e. The molecule has 1 unspecified atom stereocenters. The molecule has 2 fully saturated rings. The van der Waals surface area contributed by atoms with E-state index < -0.39 is 37.9 Å². The van der Waals surface area contributed by atoms with E-state index in [4.69, 9.17) is 5.11 Å². The van der Waals surface area contributed by atoms with E-state index in [1.165, 1.54) is 0 Å². The molecule has 0 bridgehead atoms. The first-order chi connectivity index (χ1) is 9.01. The summed E-state index contributed by atoms with van der Waals surface area (Å²) in [5.41, 5.74) is 0. The van der Waals surface area contributed by atoms with E-state index in [9.17, 15) is 31.2 Å². The number of rotatable bonds is 1. The first-order valence-corrected chi connectivity index (χ1v) is 7.38. The quantitative estimate of drug-likeness (QED) is 0.745. The molecule has 10 heteroatoms. The number of carboxylic acids is 1. The third-order valence-corrected chi connectivity index (χ3v) is 6.91. The first-order valence-electron chi connectivity index (χ1n) is 5.84. The molecule has 2 rings (SSSR count). The second-order valence-corrected chi connectivity index (χ2v) is 7.57. The minimum Gasteiger partial charge on any atom is -0.480 e. The van der Waals surface area contributed by atoms with Crippen LogP contribution >= 0.6 is 0 Å². The van der Waals surface area contributed by atoms with Crippen molar-refractivity contribution in [3.05, 3.63) is 0 Å². The Bertz CT molecular complexity index is 548. The van der Waals surface area contributed by atoms with Crippen molar-refractivity contribution in [1.29, 1.82) is 0 Å². The van der Waals surface area contributed by atoms with E-state index in [2.05, 4.69) is 0 Å². The van der Waals surface area contributed by atoms with Crippen LogP contribution in [0, 0.1) is 0 Å². The van der Waals surface area contributed by atoms with Gasteiger partial charge in [-0.3, -0.25) is 9.59 Å². The monoisotopic (exact) mass is 315 g/mol. The molecule has 0 saturated carbocycles. The second kappa shape index (κ2) is 4.34. The van der Waals surface area contributed by atoms with Crippen LogP contribution in [-0.4, -0.2) is 59.6 Å². The molecule has 2 aliphatic heterocycles. The van der Waals surface area contributed by atoms with E-state index >= 15 is 0 Å². The number of piperidine rings is 1. The number of hydrogen-bond donors (Lipinski definition) is 1. The Kier molecular flexibility index (Phi) is 3.27. The molecular formula is C10H12F3NO5S. The van der Waals surface area contributed by atoms with Crippen LogP contribution in [0.2, 0.25) is 0 Å². The maximum absolute atomic E-state index is 12.3. The molecule has 2 saturated heterocycles. The number of carbonyl (C=O) groups excluding carboxylic acids is 1. The van der Waals surface area contributed by atoms with Gasteiger partial charge in [0.05, 0.1) is 4.75 Å². The SMILES string of the molecule is O=C(O)C1CC2(CCN(C(=O)C(F)(F)F)CC2)S1(=O)=O. The summed E-state index contributed by atoms with van der Waals surface area (Å²) in [5, 5.41) is 7.26. The minimum absolute atomic E-state index is 0.0985. The van der Waals surface area contributed by atoms with Gasteiger partial charge in [-0.25, -0.2) is 8.42 Å². The molecule has 2 heterocycles. The molecule has 20 heavy (non-hydrogen) atoms. The smallest absolute Gasteiger partial charge is 0.471 e. The lowest BCUT2D eigenvalue weighted by atomic mass is 9.89. The summed E-state index contributed by atoms with van der Waals surface area (Å²) in [4.78, 5) is 22.3. The number of alkyl halides is 3. The van der Waals surface area contributed by atoms with Crippen LogP contribution < -0.4 is 0 Å². The van der Waals surface area contributed by atoms with Crippen molar-refractivity contribution in [2.24, 2.45) is 0 Å². The summed E-state index contributed by atoms with van der Waals surface area (Å²) < 4.78 is 59.4. The molecule has 1 amide bonds. The predicted octanol–water partition coefficient (Wildman–Crippen LogP) is 0.182. The number of nitrogens with zero attached hydrogens (tertiary/aromatic N) is 1. The molecule has 0 aromatic carbocycles. The van der Waals surface area contributed by atoms with Crippen LogP contribution in [0.1, 0.15) is 19.3 Å². The van der Waals surface area contributed by atoms with Gasteiger partial charge < -0.3 is 10.0 Å². The first kappa shape index (κ1) is 15.1. The zero-order valence-corrected chi connectivity index (χ0v) is 11.0. The van der Waals surface area contributed by atoms with E-state index in [1.54, 1.807) is 0 Å². The number of aliphatic carboxylic acids is 1. The van der Waals surface area contributed by atoms with Crippen molar-refractivity contribution >= 4 is 21.7 Å². The number of carboxylic acid groups (broad SMARTS) is 1. The lowest BCUT2D eigenvalue weighted by molar-refractivity contribution is -0.186. The van der Waals surface area contributed by atoms with Crippen LogP contribution in [0.25, 0.3) is 0 Å². The van der Waals surface area contributed by atoms with Gasteiger partial charge in [0.25, 0.3) is 0 Å². The van der Waals surface area contributed by atoms with Crippen LogP contribution in [-0.2, 0) is 19.4 Å². The Balaban J connectivity index is 2.07. The molecule has 1 spiro atoms. The van der Waals surface area contributed by atoms with Crippen molar-refractivity contribution in [1.82, 2.24) is 4.90 Å². The highest BCUT2D eigenvalue weighted by molar-refractivity contribution is 7.95. The minimum atomic E-state index is -4.98. The predicted molar refractivity (Wildman–Crippen MR) is 59.6 cm³/mol. The van der Waals surface area contributed by atoms with Crippen LogP contribution in [0.15, 0.2) is 0 Å². The average molecular weight is 315 g/mol. The summed E-state index contributed by atoms with van der Waals surface area (Å²) in [6.07, 6.45) is -5.38. The fraction of sp³-hybridized carbons (Fsp3) is 0.800. The Morgan fingerprint density at radius 2 is 1.70 bits per heavy atom. The highest BCUT2D eigenvalue weighted by Gasteiger charge is 2.63. The third-order valence-electron chi connectivity index (χ3n) is 4.02. The second-order valence-electron chi connectivity index (χ2n) is 5.05. The van der Waals surface area contributed by atoms with Gasteiger partial charge in [0.15, 0.2) is 15.1 Å². The number of hydrogen-bond acceptors (Lipinski definition) is 4. The van der Waals surface area contributed by atoms with E-state index in [0.717, 1.165) is 0 Å². The molecule has 0 radical (unpaired) electrons. The number of amides is 1. The van der Waals surface area contributed by atoms with Crippen molar-refractivity contribution in [3.63, 3.8) is 0 Å². The van der Waals surface area contributed by atoms with E-state index in [1.807, 2.05) is 0 Å². The van der Waals surface area contributed by atoms with Crippen molar-refractivity contribution in [2.75, 3.05) is 13.1 Å². The van der Waals surface area contributed by atoms with Crippen molar-refractivity contribution in [3.8, 4) is 0 Å². The zero-order chi connectivity index (χ0) is 15.3. The van der Waals surface area contributed by atoms with Gasteiger partial charge in [-0.2, -0.15) is 13.2 Å². The van der Waals surface area contributed by atoms with Crippen LogP contribution in [0.3, 0.4) is 0 Å².